The summed E-state index contributed by atoms with van der Waals surface area (Å²) >= 11 is 6.20. The molecule has 2 aliphatic rings. The molecular formula is C12H14ClN. The summed E-state index contributed by atoms with van der Waals surface area (Å²) in [6.45, 7) is 2.40. The predicted molar refractivity (Wildman–Crippen MR) is 58.7 cm³/mol. The molecule has 2 heteroatoms. The van der Waals surface area contributed by atoms with Crippen molar-refractivity contribution in [3.8, 4) is 0 Å². The Morgan fingerprint density at radius 3 is 2.86 bits per heavy atom. The summed E-state index contributed by atoms with van der Waals surface area (Å²) in [7, 11) is 0. The maximum Gasteiger partial charge on any atom is 0.0440 e. The lowest BCUT2D eigenvalue weighted by molar-refractivity contribution is 0.191. The Morgan fingerprint density at radius 1 is 1.21 bits per heavy atom. The van der Waals surface area contributed by atoms with E-state index in [1.165, 1.54) is 25.1 Å². The summed E-state index contributed by atoms with van der Waals surface area (Å²) in [5.41, 5.74) is 1.36. The number of halogens is 1. The second kappa shape index (κ2) is 3.25. The molecule has 1 heterocycles. The third-order valence-corrected chi connectivity index (χ3v) is 4.11. The van der Waals surface area contributed by atoms with Gasteiger partial charge in [-0.15, -0.1) is 0 Å². The van der Waals surface area contributed by atoms with Gasteiger partial charge < -0.3 is 5.32 Å². The maximum absolute atomic E-state index is 6.20. The van der Waals surface area contributed by atoms with Crippen molar-refractivity contribution in [1.82, 2.24) is 5.32 Å². The van der Waals surface area contributed by atoms with Crippen LogP contribution in [0.15, 0.2) is 24.3 Å². The highest BCUT2D eigenvalue weighted by atomic mass is 35.5. The predicted octanol–water partition coefficient (Wildman–Crippen LogP) is 2.66. The topological polar surface area (TPSA) is 12.0 Å². The molecule has 2 fully saturated rings. The molecule has 1 aliphatic carbocycles. The van der Waals surface area contributed by atoms with Crippen molar-refractivity contribution in [3.63, 3.8) is 0 Å². The lowest BCUT2D eigenvalue weighted by atomic mass is 9.64. The number of hydrogen-bond donors (Lipinski definition) is 1. The first-order valence-corrected chi connectivity index (χ1v) is 5.69. The number of hydrogen-bond acceptors (Lipinski definition) is 1. The van der Waals surface area contributed by atoms with E-state index < -0.39 is 0 Å². The van der Waals surface area contributed by atoms with Crippen LogP contribution in [0, 0.1) is 11.8 Å². The molecule has 0 amide bonds. The molecule has 74 valence electrons. The molecule has 1 aromatic carbocycles. The number of fused-ring (bicyclic) bond motifs is 1. The standard InChI is InChI=1S/C12H14ClN/c13-12-4-2-1-3-9(12)10-5-8-6-14-7-11(8)10/h1-4,8,10-11,14H,5-7H2/t8-,10-,11-/m0/s1. The third kappa shape index (κ3) is 1.19. The fraction of sp³-hybridized carbons (Fsp3) is 0.500. The van der Waals surface area contributed by atoms with Crippen LogP contribution in [0.4, 0.5) is 0 Å². The summed E-state index contributed by atoms with van der Waals surface area (Å²) in [6.07, 6.45) is 1.32. The van der Waals surface area contributed by atoms with Crippen LogP contribution in [0.2, 0.25) is 5.02 Å². The van der Waals surface area contributed by atoms with E-state index in [2.05, 4.69) is 17.4 Å². The molecular weight excluding hydrogens is 194 g/mol. The first-order valence-electron chi connectivity index (χ1n) is 5.31. The highest BCUT2D eigenvalue weighted by molar-refractivity contribution is 6.31. The molecule has 1 saturated heterocycles. The minimum absolute atomic E-state index is 0.712. The first-order chi connectivity index (χ1) is 6.86. The van der Waals surface area contributed by atoms with Crippen molar-refractivity contribution in [2.24, 2.45) is 11.8 Å². The van der Waals surface area contributed by atoms with Crippen molar-refractivity contribution >= 4 is 11.6 Å². The van der Waals surface area contributed by atoms with Gasteiger partial charge in [0.2, 0.25) is 0 Å². The van der Waals surface area contributed by atoms with Crippen LogP contribution in [0.1, 0.15) is 17.9 Å². The summed E-state index contributed by atoms with van der Waals surface area (Å²) in [5, 5.41) is 4.41. The Balaban J connectivity index is 1.87. The van der Waals surface area contributed by atoms with Crippen LogP contribution in [0.3, 0.4) is 0 Å². The Morgan fingerprint density at radius 2 is 2.07 bits per heavy atom. The van der Waals surface area contributed by atoms with E-state index in [1.807, 2.05) is 12.1 Å². The Hall–Kier alpha value is -0.530. The highest BCUT2D eigenvalue weighted by Gasteiger charge is 2.44. The molecule has 1 N–H and O–H groups in total. The van der Waals surface area contributed by atoms with Crippen molar-refractivity contribution < 1.29 is 0 Å². The van der Waals surface area contributed by atoms with Gasteiger partial charge in [-0.2, -0.15) is 0 Å². The van der Waals surface area contributed by atoms with E-state index in [4.69, 9.17) is 11.6 Å². The molecule has 0 aromatic heterocycles. The molecule has 0 radical (unpaired) electrons. The second-order valence-corrected chi connectivity index (χ2v) is 4.85. The summed E-state index contributed by atoms with van der Waals surface area (Å²) in [4.78, 5) is 0. The van der Waals surface area contributed by atoms with Gasteiger partial charge in [0.05, 0.1) is 0 Å². The average molecular weight is 208 g/mol. The van der Waals surface area contributed by atoms with E-state index in [-0.39, 0.29) is 0 Å². The lowest BCUT2D eigenvalue weighted by Gasteiger charge is -2.40. The molecule has 3 rings (SSSR count). The molecule has 1 aromatic rings. The number of nitrogens with one attached hydrogen (secondary N) is 1. The van der Waals surface area contributed by atoms with E-state index in [1.54, 1.807) is 0 Å². The fourth-order valence-corrected chi connectivity index (χ4v) is 3.20. The summed E-state index contributed by atoms with van der Waals surface area (Å²) in [5.74, 6) is 2.47. The molecule has 1 nitrogen and oxygen atoms in total. The van der Waals surface area contributed by atoms with Gasteiger partial charge in [0, 0.05) is 5.02 Å². The van der Waals surface area contributed by atoms with Crippen LogP contribution in [-0.2, 0) is 0 Å². The van der Waals surface area contributed by atoms with Gasteiger partial charge in [0.25, 0.3) is 0 Å². The normalized spacial score (nSPS) is 35.1. The van der Waals surface area contributed by atoms with E-state index in [0.29, 0.717) is 5.92 Å². The first kappa shape index (κ1) is 8.75. The summed E-state index contributed by atoms with van der Waals surface area (Å²) < 4.78 is 0. The van der Waals surface area contributed by atoms with Crippen LogP contribution in [0.5, 0.6) is 0 Å². The smallest absolute Gasteiger partial charge is 0.0440 e. The monoisotopic (exact) mass is 207 g/mol. The zero-order valence-corrected chi connectivity index (χ0v) is 8.80. The average Bonchev–Trinajstić information content (AvgIpc) is 2.52. The molecule has 0 spiro atoms. The van der Waals surface area contributed by atoms with Crippen molar-refractivity contribution in [3.05, 3.63) is 34.9 Å². The van der Waals surface area contributed by atoms with Gasteiger partial charge in [-0.3, -0.25) is 0 Å². The largest absolute Gasteiger partial charge is 0.316 e. The van der Waals surface area contributed by atoms with Gasteiger partial charge in [-0.25, -0.2) is 0 Å². The van der Waals surface area contributed by atoms with Gasteiger partial charge >= 0.3 is 0 Å². The fourth-order valence-electron chi connectivity index (χ4n) is 2.92. The molecule has 0 bridgehead atoms. The Kier molecular flexibility index (Phi) is 2.03. The lowest BCUT2D eigenvalue weighted by Crippen LogP contribution is -2.33. The Labute approximate surface area is 89.5 Å². The van der Waals surface area contributed by atoms with Gasteiger partial charge in [-0.1, -0.05) is 29.8 Å². The van der Waals surface area contributed by atoms with Crippen LogP contribution in [-0.4, -0.2) is 13.1 Å². The van der Waals surface area contributed by atoms with Crippen LogP contribution >= 0.6 is 11.6 Å². The molecule has 1 aliphatic heterocycles. The minimum Gasteiger partial charge on any atom is -0.316 e. The zero-order valence-electron chi connectivity index (χ0n) is 8.04. The molecule has 1 saturated carbocycles. The van der Waals surface area contributed by atoms with E-state index in [9.17, 15) is 0 Å². The zero-order chi connectivity index (χ0) is 9.54. The maximum atomic E-state index is 6.20. The van der Waals surface area contributed by atoms with Gasteiger partial charge in [0.1, 0.15) is 0 Å². The summed E-state index contributed by atoms with van der Waals surface area (Å²) in [6, 6.07) is 8.29. The number of rotatable bonds is 1. The van der Waals surface area contributed by atoms with Crippen LogP contribution in [0.25, 0.3) is 0 Å². The van der Waals surface area contributed by atoms with Crippen molar-refractivity contribution in [1.29, 1.82) is 0 Å². The minimum atomic E-state index is 0.712. The molecule has 3 atom stereocenters. The second-order valence-electron chi connectivity index (χ2n) is 4.45. The SMILES string of the molecule is Clc1ccccc1[C@@H]1C[C@H]2CNC[C@@H]21. The van der Waals surface area contributed by atoms with Gasteiger partial charge in [-0.05, 0) is 48.9 Å². The highest BCUT2D eigenvalue weighted by Crippen LogP contribution is 2.50. The quantitative estimate of drug-likeness (QED) is 0.747. The molecule has 14 heavy (non-hydrogen) atoms. The van der Waals surface area contributed by atoms with Gasteiger partial charge in [0.15, 0.2) is 0 Å². The number of benzene rings is 1. The van der Waals surface area contributed by atoms with Crippen molar-refractivity contribution in [2.75, 3.05) is 13.1 Å². The van der Waals surface area contributed by atoms with E-state index in [0.717, 1.165) is 16.9 Å². The third-order valence-electron chi connectivity index (χ3n) is 3.77. The Bertz CT molecular complexity index is 350. The molecule has 0 unspecified atom stereocenters. The van der Waals surface area contributed by atoms with Crippen LogP contribution < -0.4 is 5.32 Å². The van der Waals surface area contributed by atoms with E-state index >= 15 is 0 Å². The van der Waals surface area contributed by atoms with Crippen molar-refractivity contribution in [2.45, 2.75) is 12.3 Å².